The summed E-state index contributed by atoms with van der Waals surface area (Å²) in [5, 5.41) is 59.4. The summed E-state index contributed by atoms with van der Waals surface area (Å²) in [6, 6.07) is -3.25. The number of carbonyl (C=O) groups excluding carboxylic acids is 1. The highest BCUT2D eigenvalue weighted by Crippen LogP contribution is 2.29. The van der Waals surface area contributed by atoms with Gasteiger partial charge in [0.2, 0.25) is 5.91 Å². The minimum absolute atomic E-state index is 0.656. The summed E-state index contributed by atoms with van der Waals surface area (Å²) in [7, 11) is 0. The molecule has 7 atom stereocenters. The van der Waals surface area contributed by atoms with Crippen LogP contribution in [0.5, 0.6) is 0 Å². The smallest absolute Gasteiger partial charge is 0.366 e. The highest BCUT2D eigenvalue weighted by Gasteiger charge is 2.59. The van der Waals surface area contributed by atoms with E-state index in [1.54, 1.807) is 0 Å². The van der Waals surface area contributed by atoms with E-state index in [4.69, 9.17) is 20.7 Å². The molecule has 1 aliphatic rings. The zero-order chi connectivity index (χ0) is 17.2. The first kappa shape index (κ1) is 18.7. The lowest BCUT2D eigenvalue weighted by Crippen LogP contribution is -2.75. The average Bonchev–Trinajstić information content (AvgIpc) is 2.45. The molecule has 1 heterocycles. The van der Waals surface area contributed by atoms with E-state index < -0.39 is 60.8 Å². The summed E-state index contributed by atoms with van der Waals surface area (Å²) in [6.45, 7) is 0.184. The van der Waals surface area contributed by atoms with Crippen LogP contribution in [0.4, 0.5) is 0 Å². The van der Waals surface area contributed by atoms with Crippen molar-refractivity contribution < 1.29 is 45.0 Å². The third-order valence-corrected chi connectivity index (χ3v) is 3.45. The minimum Gasteiger partial charge on any atom is -0.477 e. The number of nitrogens with one attached hydrogen (secondary N) is 1. The molecular formula is C11H20N2O9. The van der Waals surface area contributed by atoms with Gasteiger partial charge in [-0.15, -0.1) is 0 Å². The molecule has 0 aliphatic carbocycles. The molecule has 0 spiro atoms. The third kappa shape index (κ3) is 3.35. The summed E-state index contributed by atoms with van der Waals surface area (Å²) in [6.07, 6.45) is -7.21. The molecule has 1 amide bonds. The van der Waals surface area contributed by atoms with E-state index >= 15 is 0 Å². The van der Waals surface area contributed by atoms with Crippen molar-refractivity contribution in [2.45, 2.75) is 49.2 Å². The van der Waals surface area contributed by atoms with E-state index in [0.717, 1.165) is 6.92 Å². The molecule has 0 radical (unpaired) electrons. The maximum Gasteiger partial charge on any atom is 0.366 e. The fourth-order valence-electron chi connectivity index (χ4n) is 2.21. The highest BCUT2D eigenvalue weighted by atomic mass is 16.7. The molecule has 11 heteroatoms. The van der Waals surface area contributed by atoms with Crippen LogP contribution in [0.25, 0.3) is 0 Å². The number of hydrogen-bond acceptors (Lipinski definition) is 9. The lowest BCUT2D eigenvalue weighted by Gasteiger charge is -2.47. The molecular weight excluding hydrogens is 304 g/mol. The van der Waals surface area contributed by atoms with Gasteiger partial charge in [-0.3, -0.25) is 4.79 Å². The van der Waals surface area contributed by atoms with Crippen molar-refractivity contribution in [2.24, 2.45) is 5.73 Å². The van der Waals surface area contributed by atoms with Crippen molar-refractivity contribution in [3.05, 3.63) is 0 Å². The van der Waals surface area contributed by atoms with Crippen molar-refractivity contribution in [1.29, 1.82) is 0 Å². The quantitative estimate of drug-likeness (QED) is 0.242. The molecule has 11 nitrogen and oxygen atoms in total. The van der Waals surface area contributed by atoms with Gasteiger partial charge in [0, 0.05) is 6.92 Å². The largest absolute Gasteiger partial charge is 0.477 e. The van der Waals surface area contributed by atoms with Crippen molar-refractivity contribution in [3.8, 4) is 0 Å². The Bertz CT molecular complexity index is 434. The number of hydrogen-bond donors (Lipinski definition) is 8. The monoisotopic (exact) mass is 324 g/mol. The van der Waals surface area contributed by atoms with Crippen molar-refractivity contribution in [3.63, 3.8) is 0 Å². The van der Waals surface area contributed by atoms with Gasteiger partial charge in [0.1, 0.15) is 18.3 Å². The van der Waals surface area contributed by atoms with Crippen molar-refractivity contribution in [1.82, 2.24) is 5.32 Å². The molecule has 1 aliphatic heterocycles. The molecule has 0 bridgehead atoms. The molecule has 0 saturated carbocycles. The minimum atomic E-state index is -3.05. The fraction of sp³-hybridized carbons (Fsp3) is 0.818. The van der Waals surface area contributed by atoms with Crippen LogP contribution in [0, 0.1) is 0 Å². The molecule has 1 fully saturated rings. The van der Waals surface area contributed by atoms with Crippen molar-refractivity contribution >= 4 is 11.9 Å². The summed E-state index contributed by atoms with van der Waals surface area (Å²) >= 11 is 0. The SMILES string of the molecule is CC(=O)N[C@@H]1[C@@H](O)C(N)[C@](O)(C(=O)O)O[C@H]1C(O)[C@H](O)CO. The Morgan fingerprint density at radius 1 is 1.41 bits per heavy atom. The van der Waals surface area contributed by atoms with E-state index in [-0.39, 0.29) is 0 Å². The number of aliphatic carboxylic acids is 1. The van der Waals surface area contributed by atoms with Gasteiger partial charge in [-0.25, -0.2) is 4.79 Å². The van der Waals surface area contributed by atoms with Crippen LogP contribution < -0.4 is 11.1 Å². The van der Waals surface area contributed by atoms with Gasteiger partial charge in [-0.1, -0.05) is 0 Å². The van der Waals surface area contributed by atoms with E-state index in [1.807, 2.05) is 0 Å². The van der Waals surface area contributed by atoms with Crippen molar-refractivity contribution in [2.75, 3.05) is 6.61 Å². The summed E-state index contributed by atoms with van der Waals surface area (Å²) < 4.78 is 4.85. The van der Waals surface area contributed by atoms with E-state index in [1.165, 1.54) is 0 Å². The van der Waals surface area contributed by atoms with E-state index in [9.17, 15) is 30.0 Å². The van der Waals surface area contributed by atoms with Crippen LogP contribution in [-0.2, 0) is 14.3 Å². The van der Waals surface area contributed by atoms with Gasteiger partial charge in [0.05, 0.1) is 24.8 Å². The Kier molecular flexibility index (Phi) is 5.81. The Morgan fingerprint density at radius 2 is 1.95 bits per heavy atom. The zero-order valence-corrected chi connectivity index (χ0v) is 11.7. The molecule has 0 aromatic heterocycles. The topological polar surface area (TPSA) is 203 Å². The second-order valence-corrected chi connectivity index (χ2v) is 5.07. The molecule has 1 rings (SSSR count). The maximum atomic E-state index is 11.2. The number of carboxylic acid groups (broad SMARTS) is 1. The lowest BCUT2D eigenvalue weighted by molar-refractivity contribution is -0.302. The second-order valence-electron chi connectivity index (χ2n) is 5.07. The van der Waals surface area contributed by atoms with Gasteiger partial charge < -0.3 is 46.4 Å². The number of aliphatic hydroxyl groups excluding tert-OH is 4. The van der Waals surface area contributed by atoms with Gasteiger partial charge in [-0.05, 0) is 0 Å². The van der Waals surface area contributed by atoms with E-state index in [0.29, 0.717) is 0 Å². The number of carbonyl (C=O) groups is 2. The summed E-state index contributed by atoms with van der Waals surface area (Å²) in [5.74, 6) is -5.62. The molecule has 2 unspecified atom stereocenters. The Balaban J connectivity index is 3.19. The van der Waals surface area contributed by atoms with Gasteiger partial charge in [0.15, 0.2) is 0 Å². The first-order valence-corrected chi connectivity index (χ1v) is 6.37. The maximum absolute atomic E-state index is 11.2. The van der Waals surface area contributed by atoms with Crippen LogP contribution >= 0.6 is 0 Å². The van der Waals surface area contributed by atoms with Gasteiger partial charge in [0.25, 0.3) is 5.79 Å². The molecule has 128 valence electrons. The highest BCUT2D eigenvalue weighted by molar-refractivity contribution is 5.77. The molecule has 1 saturated heterocycles. The standard InChI is InChI=1S/C11H20N2O9/c1-3(15)13-5-7(18)9(12)11(21,10(19)20)22-8(5)6(17)4(16)2-14/h4-9,14,16-18,21H,2,12H2,1H3,(H,13,15)(H,19,20)/t4-,5-,6?,7-,8-,9?,11-/m1/s1. The molecule has 9 N–H and O–H groups in total. The first-order chi connectivity index (χ1) is 10.1. The zero-order valence-electron chi connectivity index (χ0n) is 11.7. The van der Waals surface area contributed by atoms with Crippen LogP contribution in [0.3, 0.4) is 0 Å². The number of rotatable bonds is 5. The fourth-order valence-corrected chi connectivity index (χ4v) is 2.21. The predicted octanol–water partition coefficient (Wildman–Crippen LogP) is -4.93. The summed E-state index contributed by atoms with van der Waals surface area (Å²) in [4.78, 5) is 22.3. The lowest BCUT2D eigenvalue weighted by atomic mass is 9.85. The number of amides is 1. The Morgan fingerprint density at radius 3 is 2.36 bits per heavy atom. The molecule has 22 heavy (non-hydrogen) atoms. The Hall–Kier alpha value is -1.34. The summed E-state index contributed by atoms with van der Waals surface area (Å²) in [5.41, 5.74) is 5.44. The molecule has 0 aromatic carbocycles. The van der Waals surface area contributed by atoms with Crippen LogP contribution in [0.2, 0.25) is 0 Å². The molecule has 0 aromatic rings. The number of ether oxygens (including phenoxy) is 1. The predicted molar refractivity (Wildman–Crippen MR) is 68.1 cm³/mol. The average molecular weight is 324 g/mol. The van der Waals surface area contributed by atoms with E-state index in [2.05, 4.69) is 5.32 Å². The number of aliphatic hydroxyl groups is 5. The third-order valence-electron chi connectivity index (χ3n) is 3.45. The van der Waals surface area contributed by atoms with Crippen LogP contribution in [-0.4, -0.2) is 91.4 Å². The van der Waals surface area contributed by atoms with Crippen LogP contribution in [0.15, 0.2) is 0 Å². The number of carboxylic acids is 1. The second kappa shape index (κ2) is 6.83. The van der Waals surface area contributed by atoms with Gasteiger partial charge in [-0.2, -0.15) is 0 Å². The van der Waals surface area contributed by atoms with Gasteiger partial charge >= 0.3 is 5.97 Å². The van der Waals surface area contributed by atoms with Crippen LogP contribution in [0.1, 0.15) is 6.92 Å². The first-order valence-electron chi connectivity index (χ1n) is 6.37. The normalized spacial score (nSPS) is 38.1. The Labute approximate surface area is 124 Å². The number of nitrogens with two attached hydrogens (primary N) is 1.